The zero-order valence-electron chi connectivity index (χ0n) is 17.8. The fraction of sp³-hybridized carbons (Fsp3) is 0.333. The van der Waals surface area contributed by atoms with E-state index in [4.69, 9.17) is 0 Å². The first-order valence-electron chi connectivity index (χ1n) is 10.2. The molecule has 0 radical (unpaired) electrons. The van der Waals surface area contributed by atoms with Gasteiger partial charge in [0.25, 0.3) is 5.91 Å². The van der Waals surface area contributed by atoms with E-state index in [1.54, 1.807) is 0 Å². The molecule has 0 bridgehead atoms. The molecule has 3 rings (SSSR count). The number of rotatable bonds is 8. The minimum atomic E-state index is -0.0403. The lowest BCUT2D eigenvalue weighted by Crippen LogP contribution is -2.28. The largest absolute Gasteiger partial charge is 0.375 e. The van der Waals surface area contributed by atoms with Crippen LogP contribution in [0, 0.1) is 13.8 Å². The zero-order valence-corrected chi connectivity index (χ0v) is 17.8. The first-order chi connectivity index (χ1) is 14.0. The zero-order chi connectivity index (χ0) is 20.8. The van der Waals surface area contributed by atoms with Crippen LogP contribution in [0.5, 0.6) is 0 Å². The summed E-state index contributed by atoms with van der Waals surface area (Å²) in [5, 5.41) is 7.65. The highest BCUT2D eigenvalue weighted by Crippen LogP contribution is 2.19. The third-order valence-corrected chi connectivity index (χ3v) is 5.32. The van der Waals surface area contributed by atoms with Gasteiger partial charge in [0, 0.05) is 37.1 Å². The Hall–Kier alpha value is -3.08. The standard InChI is InChI=1S/C24H30N4O/c1-5-23-18(2)26-28(19(23)3)22-14-12-20(13-15-22)24(29)25-16-9-17-27(4)21-10-7-6-8-11-21/h6-8,10-15H,5,9,16-17H2,1-4H3,(H,25,29). The fourth-order valence-corrected chi connectivity index (χ4v) is 3.62. The van der Waals surface area contributed by atoms with Gasteiger partial charge in [-0.2, -0.15) is 5.10 Å². The number of benzene rings is 2. The van der Waals surface area contributed by atoms with E-state index in [0.29, 0.717) is 12.1 Å². The molecule has 0 saturated heterocycles. The number of aromatic nitrogens is 2. The molecule has 2 aromatic carbocycles. The highest BCUT2D eigenvalue weighted by atomic mass is 16.1. The number of anilines is 1. The van der Waals surface area contributed by atoms with Crippen molar-refractivity contribution >= 4 is 11.6 Å². The van der Waals surface area contributed by atoms with Gasteiger partial charge in [-0.15, -0.1) is 0 Å². The van der Waals surface area contributed by atoms with Gasteiger partial charge in [0.15, 0.2) is 0 Å². The van der Waals surface area contributed by atoms with Crippen molar-refractivity contribution in [2.24, 2.45) is 0 Å². The molecule has 0 saturated carbocycles. The SMILES string of the molecule is CCc1c(C)nn(-c2ccc(C(=O)NCCCN(C)c3ccccc3)cc2)c1C. The van der Waals surface area contributed by atoms with Crippen LogP contribution in [0.15, 0.2) is 54.6 Å². The van der Waals surface area contributed by atoms with Crippen LogP contribution in [-0.4, -0.2) is 35.8 Å². The summed E-state index contributed by atoms with van der Waals surface area (Å²) in [7, 11) is 2.07. The summed E-state index contributed by atoms with van der Waals surface area (Å²) >= 11 is 0. The van der Waals surface area contributed by atoms with Gasteiger partial charge in [-0.1, -0.05) is 25.1 Å². The van der Waals surface area contributed by atoms with Gasteiger partial charge in [0.05, 0.1) is 11.4 Å². The summed E-state index contributed by atoms with van der Waals surface area (Å²) in [5.41, 5.74) is 6.34. The second-order valence-corrected chi connectivity index (χ2v) is 7.33. The summed E-state index contributed by atoms with van der Waals surface area (Å²) in [6, 6.07) is 17.9. The molecule has 0 aliphatic carbocycles. The summed E-state index contributed by atoms with van der Waals surface area (Å²) in [6.45, 7) is 7.81. The van der Waals surface area contributed by atoms with Gasteiger partial charge in [0.1, 0.15) is 0 Å². The lowest BCUT2D eigenvalue weighted by molar-refractivity contribution is 0.0953. The molecule has 1 aromatic heterocycles. The molecule has 0 aliphatic heterocycles. The monoisotopic (exact) mass is 390 g/mol. The Labute approximate surface area is 173 Å². The van der Waals surface area contributed by atoms with Crippen LogP contribution in [0.25, 0.3) is 5.69 Å². The fourth-order valence-electron chi connectivity index (χ4n) is 3.62. The first-order valence-corrected chi connectivity index (χ1v) is 10.2. The molecule has 29 heavy (non-hydrogen) atoms. The molecular formula is C24H30N4O. The number of nitrogens with zero attached hydrogens (tertiary/aromatic N) is 3. The number of nitrogens with one attached hydrogen (secondary N) is 1. The van der Waals surface area contributed by atoms with Gasteiger partial charge in [-0.05, 0) is 68.7 Å². The maximum Gasteiger partial charge on any atom is 0.251 e. The van der Waals surface area contributed by atoms with Crippen molar-refractivity contribution in [3.05, 3.63) is 77.1 Å². The van der Waals surface area contributed by atoms with E-state index < -0.39 is 0 Å². The molecule has 5 nitrogen and oxygen atoms in total. The molecule has 0 atom stereocenters. The Balaban J connectivity index is 1.53. The summed E-state index contributed by atoms with van der Waals surface area (Å²) in [5.74, 6) is -0.0403. The van der Waals surface area contributed by atoms with E-state index in [0.717, 1.165) is 36.5 Å². The first kappa shape index (κ1) is 20.6. The third-order valence-electron chi connectivity index (χ3n) is 5.32. The molecule has 5 heteroatoms. The summed E-state index contributed by atoms with van der Waals surface area (Å²) in [6.07, 6.45) is 1.86. The van der Waals surface area contributed by atoms with Crippen LogP contribution in [-0.2, 0) is 6.42 Å². The van der Waals surface area contributed by atoms with Crippen LogP contribution in [0.1, 0.15) is 40.7 Å². The number of amides is 1. The Kier molecular flexibility index (Phi) is 6.70. The van der Waals surface area contributed by atoms with Crippen molar-refractivity contribution in [3.63, 3.8) is 0 Å². The Morgan fingerprint density at radius 3 is 2.38 bits per heavy atom. The Bertz CT molecular complexity index is 945. The topological polar surface area (TPSA) is 50.2 Å². The predicted molar refractivity (Wildman–Crippen MR) is 119 cm³/mol. The molecular weight excluding hydrogens is 360 g/mol. The number of hydrogen-bond donors (Lipinski definition) is 1. The maximum absolute atomic E-state index is 12.4. The van der Waals surface area contributed by atoms with Crippen molar-refractivity contribution in [1.82, 2.24) is 15.1 Å². The number of para-hydroxylation sites is 1. The van der Waals surface area contributed by atoms with Crippen LogP contribution in [0.4, 0.5) is 5.69 Å². The lowest BCUT2D eigenvalue weighted by Gasteiger charge is -2.19. The molecule has 0 spiro atoms. The average molecular weight is 391 g/mol. The molecule has 152 valence electrons. The molecule has 1 heterocycles. The number of carbonyl (C=O) groups is 1. The number of hydrogen-bond acceptors (Lipinski definition) is 3. The van der Waals surface area contributed by atoms with Crippen molar-refractivity contribution in [2.75, 3.05) is 25.0 Å². The van der Waals surface area contributed by atoms with Crippen LogP contribution >= 0.6 is 0 Å². The number of carbonyl (C=O) groups excluding carboxylic acids is 1. The molecule has 0 aliphatic rings. The normalized spacial score (nSPS) is 10.8. The van der Waals surface area contributed by atoms with Crippen molar-refractivity contribution in [3.8, 4) is 5.69 Å². The van der Waals surface area contributed by atoms with E-state index in [9.17, 15) is 4.79 Å². The van der Waals surface area contributed by atoms with E-state index in [-0.39, 0.29) is 5.91 Å². The van der Waals surface area contributed by atoms with Crippen molar-refractivity contribution < 1.29 is 4.79 Å². The van der Waals surface area contributed by atoms with Crippen LogP contribution < -0.4 is 10.2 Å². The molecule has 1 N–H and O–H groups in total. The van der Waals surface area contributed by atoms with Gasteiger partial charge in [-0.25, -0.2) is 4.68 Å². The Morgan fingerprint density at radius 2 is 1.76 bits per heavy atom. The maximum atomic E-state index is 12.4. The van der Waals surface area contributed by atoms with Gasteiger partial charge in [0.2, 0.25) is 0 Å². The predicted octanol–water partition coefficient (Wildman–Crippen LogP) is 4.31. The molecule has 3 aromatic rings. The molecule has 0 fully saturated rings. The summed E-state index contributed by atoms with van der Waals surface area (Å²) < 4.78 is 1.95. The highest BCUT2D eigenvalue weighted by Gasteiger charge is 2.12. The quantitative estimate of drug-likeness (QED) is 0.583. The van der Waals surface area contributed by atoms with Crippen molar-refractivity contribution in [2.45, 2.75) is 33.6 Å². The van der Waals surface area contributed by atoms with E-state index in [2.05, 4.69) is 48.3 Å². The number of aryl methyl sites for hydroxylation is 1. The van der Waals surface area contributed by atoms with Gasteiger partial charge in [-0.3, -0.25) is 4.79 Å². The van der Waals surface area contributed by atoms with E-state index in [1.807, 2.05) is 54.1 Å². The van der Waals surface area contributed by atoms with Crippen LogP contribution in [0.2, 0.25) is 0 Å². The summed E-state index contributed by atoms with van der Waals surface area (Å²) in [4.78, 5) is 14.6. The minimum absolute atomic E-state index is 0.0403. The second-order valence-electron chi connectivity index (χ2n) is 7.33. The van der Waals surface area contributed by atoms with Crippen molar-refractivity contribution in [1.29, 1.82) is 0 Å². The average Bonchev–Trinajstić information content (AvgIpc) is 3.04. The van der Waals surface area contributed by atoms with Gasteiger partial charge >= 0.3 is 0 Å². The smallest absolute Gasteiger partial charge is 0.251 e. The minimum Gasteiger partial charge on any atom is -0.375 e. The second kappa shape index (κ2) is 9.41. The van der Waals surface area contributed by atoms with E-state index in [1.165, 1.54) is 11.3 Å². The highest BCUT2D eigenvalue weighted by molar-refractivity contribution is 5.94. The van der Waals surface area contributed by atoms with Gasteiger partial charge < -0.3 is 10.2 Å². The molecule has 0 unspecified atom stereocenters. The third kappa shape index (κ3) is 4.86. The van der Waals surface area contributed by atoms with Crippen LogP contribution in [0.3, 0.4) is 0 Å². The Morgan fingerprint density at radius 1 is 1.07 bits per heavy atom. The molecule has 1 amide bonds. The lowest BCUT2D eigenvalue weighted by atomic mass is 10.1. The van der Waals surface area contributed by atoms with E-state index >= 15 is 0 Å².